The molecular formula is C19H20ClNO2S. The van der Waals surface area contributed by atoms with Gasteiger partial charge in [-0.1, -0.05) is 31.5 Å². The Hall–Kier alpha value is -1.62. The zero-order valence-electron chi connectivity index (χ0n) is 13.9. The van der Waals surface area contributed by atoms with Gasteiger partial charge < -0.3 is 9.73 Å². The summed E-state index contributed by atoms with van der Waals surface area (Å²) < 4.78 is 5.32. The predicted molar refractivity (Wildman–Crippen MR) is 101 cm³/mol. The Kier molecular flexibility index (Phi) is 5.09. The maximum absolute atomic E-state index is 11.9. The number of benzene rings is 1. The van der Waals surface area contributed by atoms with Crippen LogP contribution in [0.25, 0.3) is 11.0 Å². The van der Waals surface area contributed by atoms with Gasteiger partial charge in [-0.3, -0.25) is 0 Å². The smallest absolute Gasteiger partial charge is 0.336 e. The lowest BCUT2D eigenvalue weighted by Gasteiger charge is -2.21. The highest BCUT2D eigenvalue weighted by Gasteiger charge is 2.17. The molecule has 0 unspecified atom stereocenters. The van der Waals surface area contributed by atoms with Crippen molar-refractivity contribution < 1.29 is 4.42 Å². The average Bonchev–Trinajstić information content (AvgIpc) is 3.03. The normalized spacial score (nSPS) is 12.9. The lowest BCUT2D eigenvalue weighted by molar-refractivity contribution is 0.416. The monoisotopic (exact) mass is 361 g/mol. The van der Waals surface area contributed by atoms with Crippen molar-refractivity contribution in [2.75, 3.05) is 0 Å². The standard InChI is InChI=1S/C19H20ClNO2S/c1-11(2)19(17-5-4-6-24-17)21-10-13-8-18(22)23-16-7-12(3)15(20)9-14(13)16/h4-9,11,19,21H,10H2,1-3H3/t19-/m1/s1. The van der Waals surface area contributed by atoms with E-state index in [1.54, 1.807) is 17.4 Å². The molecule has 24 heavy (non-hydrogen) atoms. The molecule has 1 atom stereocenters. The third kappa shape index (κ3) is 3.56. The maximum atomic E-state index is 11.9. The highest BCUT2D eigenvalue weighted by molar-refractivity contribution is 7.10. The zero-order chi connectivity index (χ0) is 17.3. The molecule has 0 saturated heterocycles. The minimum atomic E-state index is -0.335. The molecule has 1 N–H and O–H groups in total. The van der Waals surface area contributed by atoms with Gasteiger partial charge in [-0.25, -0.2) is 4.79 Å². The molecule has 0 aliphatic rings. The average molecular weight is 362 g/mol. The van der Waals surface area contributed by atoms with Crippen LogP contribution in [-0.4, -0.2) is 0 Å². The zero-order valence-corrected chi connectivity index (χ0v) is 15.5. The van der Waals surface area contributed by atoms with Gasteiger partial charge in [0.05, 0.1) is 0 Å². The van der Waals surface area contributed by atoms with Gasteiger partial charge in [-0.2, -0.15) is 0 Å². The van der Waals surface area contributed by atoms with Crippen LogP contribution in [0, 0.1) is 12.8 Å². The van der Waals surface area contributed by atoms with Gasteiger partial charge >= 0.3 is 5.63 Å². The summed E-state index contributed by atoms with van der Waals surface area (Å²) in [6.07, 6.45) is 0. The molecule has 3 nitrogen and oxygen atoms in total. The first-order valence-electron chi connectivity index (χ1n) is 7.95. The number of rotatable bonds is 5. The van der Waals surface area contributed by atoms with E-state index >= 15 is 0 Å². The Labute approximate surface area is 150 Å². The van der Waals surface area contributed by atoms with Gasteiger partial charge in [0.1, 0.15) is 5.58 Å². The SMILES string of the molecule is Cc1cc2oc(=O)cc(CN[C@@H](c3cccs3)C(C)C)c2cc1Cl. The van der Waals surface area contributed by atoms with Gasteiger partial charge in [0, 0.05) is 33.9 Å². The minimum absolute atomic E-state index is 0.244. The topological polar surface area (TPSA) is 42.2 Å². The Bertz CT molecular complexity index is 900. The molecule has 2 heterocycles. The number of nitrogens with one attached hydrogen (secondary N) is 1. The van der Waals surface area contributed by atoms with Crippen LogP contribution in [0.4, 0.5) is 0 Å². The van der Waals surface area contributed by atoms with Crippen molar-refractivity contribution in [3.8, 4) is 0 Å². The second-order valence-electron chi connectivity index (χ2n) is 6.31. The number of thiophene rings is 1. The lowest BCUT2D eigenvalue weighted by Crippen LogP contribution is -2.25. The molecule has 3 rings (SSSR count). The fraction of sp³-hybridized carbons (Fsp3) is 0.316. The molecule has 126 valence electrons. The quantitative estimate of drug-likeness (QED) is 0.627. The summed E-state index contributed by atoms with van der Waals surface area (Å²) >= 11 is 8.00. The van der Waals surface area contributed by atoms with E-state index in [4.69, 9.17) is 16.0 Å². The van der Waals surface area contributed by atoms with Gasteiger partial charge in [-0.15, -0.1) is 11.3 Å². The minimum Gasteiger partial charge on any atom is -0.423 e. The summed E-state index contributed by atoms with van der Waals surface area (Å²) in [5, 5.41) is 7.22. The van der Waals surface area contributed by atoms with Crippen LogP contribution >= 0.6 is 22.9 Å². The number of hydrogen-bond acceptors (Lipinski definition) is 4. The molecule has 1 aromatic carbocycles. The summed E-state index contributed by atoms with van der Waals surface area (Å²) in [6.45, 7) is 6.87. The highest BCUT2D eigenvalue weighted by Crippen LogP contribution is 2.28. The van der Waals surface area contributed by atoms with Crippen molar-refractivity contribution >= 4 is 33.9 Å². The molecular weight excluding hydrogens is 342 g/mol. The van der Waals surface area contributed by atoms with E-state index in [9.17, 15) is 4.79 Å². The maximum Gasteiger partial charge on any atom is 0.336 e. The summed E-state index contributed by atoms with van der Waals surface area (Å²) in [7, 11) is 0. The second kappa shape index (κ2) is 7.09. The first kappa shape index (κ1) is 17.2. The number of hydrogen-bond donors (Lipinski definition) is 1. The summed E-state index contributed by atoms with van der Waals surface area (Å²) in [5.74, 6) is 0.445. The summed E-state index contributed by atoms with van der Waals surface area (Å²) in [6, 6.07) is 9.69. The fourth-order valence-corrected chi connectivity index (χ4v) is 3.98. The fourth-order valence-electron chi connectivity index (χ4n) is 2.85. The molecule has 2 aromatic heterocycles. The summed E-state index contributed by atoms with van der Waals surface area (Å²) in [5.41, 5.74) is 2.05. The molecule has 0 fully saturated rings. The largest absolute Gasteiger partial charge is 0.423 e. The first-order valence-corrected chi connectivity index (χ1v) is 9.21. The Morgan fingerprint density at radius 3 is 2.75 bits per heavy atom. The van der Waals surface area contributed by atoms with Crippen LogP contribution in [0.2, 0.25) is 5.02 Å². The van der Waals surface area contributed by atoms with Crippen molar-refractivity contribution in [3.05, 3.63) is 67.2 Å². The molecule has 3 aromatic rings. The summed E-state index contributed by atoms with van der Waals surface area (Å²) in [4.78, 5) is 13.2. The van der Waals surface area contributed by atoms with Crippen LogP contribution in [-0.2, 0) is 6.54 Å². The Morgan fingerprint density at radius 1 is 1.29 bits per heavy atom. The molecule has 0 aliphatic heterocycles. The van der Waals surface area contributed by atoms with Crippen molar-refractivity contribution in [3.63, 3.8) is 0 Å². The molecule has 0 spiro atoms. The van der Waals surface area contributed by atoms with E-state index in [1.807, 2.05) is 19.1 Å². The third-order valence-electron chi connectivity index (χ3n) is 4.14. The third-order valence-corrected chi connectivity index (χ3v) is 5.50. The predicted octanol–water partition coefficient (Wildman–Crippen LogP) is 5.30. The molecule has 0 amide bonds. The van der Waals surface area contributed by atoms with Crippen molar-refractivity contribution in [1.82, 2.24) is 5.32 Å². The van der Waals surface area contributed by atoms with E-state index in [1.165, 1.54) is 4.88 Å². The number of aryl methyl sites for hydroxylation is 1. The molecule has 5 heteroatoms. The van der Waals surface area contributed by atoms with Crippen LogP contribution in [0.1, 0.15) is 35.9 Å². The van der Waals surface area contributed by atoms with E-state index in [2.05, 4.69) is 36.7 Å². The van der Waals surface area contributed by atoms with Crippen molar-refractivity contribution in [1.29, 1.82) is 0 Å². The van der Waals surface area contributed by atoms with Gasteiger partial charge in [-0.05, 0) is 47.5 Å². The van der Waals surface area contributed by atoms with Crippen LogP contribution in [0.5, 0.6) is 0 Å². The second-order valence-corrected chi connectivity index (χ2v) is 7.69. The van der Waals surface area contributed by atoms with Gasteiger partial charge in [0.15, 0.2) is 0 Å². The molecule has 0 radical (unpaired) electrons. The van der Waals surface area contributed by atoms with E-state index < -0.39 is 0 Å². The van der Waals surface area contributed by atoms with E-state index in [-0.39, 0.29) is 11.7 Å². The Balaban J connectivity index is 1.94. The Morgan fingerprint density at radius 2 is 2.08 bits per heavy atom. The highest BCUT2D eigenvalue weighted by atomic mass is 35.5. The number of fused-ring (bicyclic) bond motifs is 1. The lowest BCUT2D eigenvalue weighted by atomic mass is 10.0. The van der Waals surface area contributed by atoms with Gasteiger partial charge in [0.25, 0.3) is 0 Å². The van der Waals surface area contributed by atoms with Crippen LogP contribution in [0.3, 0.4) is 0 Å². The van der Waals surface area contributed by atoms with E-state index in [0.29, 0.717) is 23.1 Å². The number of halogens is 1. The van der Waals surface area contributed by atoms with Crippen molar-refractivity contribution in [2.24, 2.45) is 5.92 Å². The molecule has 0 aliphatic carbocycles. The van der Waals surface area contributed by atoms with Gasteiger partial charge in [0.2, 0.25) is 0 Å². The first-order chi connectivity index (χ1) is 11.5. The van der Waals surface area contributed by atoms with Crippen LogP contribution in [0.15, 0.2) is 44.9 Å². The van der Waals surface area contributed by atoms with Crippen LogP contribution < -0.4 is 10.9 Å². The molecule has 0 bridgehead atoms. The molecule has 0 saturated carbocycles. The van der Waals surface area contributed by atoms with E-state index in [0.717, 1.165) is 16.5 Å². The van der Waals surface area contributed by atoms with Crippen molar-refractivity contribution in [2.45, 2.75) is 33.4 Å².